The lowest BCUT2D eigenvalue weighted by Gasteiger charge is -2.05. The Balaban J connectivity index is 2.18. The molecule has 4 nitrogen and oxygen atoms in total. The van der Waals surface area contributed by atoms with Crippen LogP contribution >= 0.6 is 23.2 Å². The van der Waals surface area contributed by atoms with Crippen LogP contribution in [0.5, 0.6) is 5.75 Å². The van der Waals surface area contributed by atoms with E-state index in [0.29, 0.717) is 0 Å². The summed E-state index contributed by atoms with van der Waals surface area (Å²) >= 11 is 10.8. The molecule has 0 aromatic heterocycles. The molecule has 0 saturated heterocycles. The second kappa shape index (κ2) is 7.72. The van der Waals surface area contributed by atoms with Gasteiger partial charge in [0.05, 0.1) is 0 Å². The summed E-state index contributed by atoms with van der Waals surface area (Å²) in [5.41, 5.74) is 0.840. The van der Waals surface area contributed by atoms with Gasteiger partial charge in [0.1, 0.15) is 5.75 Å². The van der Waals surface area contributed by atoms with Gasteiger partial charge in [-0.25, -0.2) is 4.79 Å². The van der Waals surface area contributed by atoms with E-state index in [1.54, 1.807) is 6.08 Å². The second-order valence-electron chi connectivity index (χ2n) is 4.46. The first-order valence-electron chi connectivity index (χ1n) is 6.45. The molecule has 2 rings (SSSR count). The minimum absolute atomic E-state index is 0.00297. The van der Waals surface area contributed by atoms with E-state index in [9.17, 15) is 14.4 Å². The van der Waals surface area contributed by atoms with Crippen molar-refractivity contribution in [3.63, 3.8) is 0 Å². The smallest absolute Gasteiger partial charge is 0.336 e. The number of hydrogen-bond acceptors (Lipinski definition) is 4. The minimum Gasteiger partial charge on any atom is -0.423 e. The highest BCUT2D eigenvalue weighted by Gasteiger charge is 2.12. The van der Waals surface area contributed by atoms with Crippen LogP contribution < -0.4 is 4.74 Å². The number of rotatable bonds is 5. The molecule has 0 atom stereocenters. The summed E-state index contributed by atoms with van der Waals surface area (Å²) in [4.78, 5) is 34.3. The van der Waals surface area contributed by atoms with E-state index in [4.69, 9.17) is 27.9 Å². The van der Waals surface area contributed by atoms with Gasteiger partial charge in [0.2, 0.25) is 0 Å². The van der Waals surface area contributed by atoms with Crippen LogP contribution in [0.25, 0.3) is 6.08 Å². The average Bonchev–Trinajstić information content (AvgIpc) is 2.53. The van der Waals surface area contributed by atoms with Gasteiger partial charge in [0.15, 0.2) is 0 Å². The summed E-state index contributed by atoms with van der Waals surface area (Å²) in [6, 6.07) is 12.9. The van der Waals surface area contributed by atoms with Crippen LogP contribution in [0.3, 0.4) is 0 Å². The zero-order valence-electron chi connectivity index (χ0n) is 11.7. The van der Waals surface area contributed by atoms with E-state index < -0.39 is 16.5 Å². The zero-order chi connectivity index (χ0) is 16.8. The average molecular weight is 349 g/mol. The van der Waals surface area contributed by atoms with Crippen molar-refractivity contribution >= 4 is 45.7 Å². The number of hydrogen-bond donors (Lipinski definition) is 0. The first-order valence-corrected chi connectivity index (χ1v) is 7.21. The van der Waals surface area contributed by atoms with E-state index in [-0.39, 0.29) is 16.9 Å². The molecule has 0 spiro atoms. The van der Waals surface area contributed by atoms with Crippen LogP contribution in [0.1, 0.15) is 26.3 Å². The molecule has 6 heteroatoms. The van der Waals surface area contributed by atoms with Crippen molar-refractivity contribution in [2.75, 3.05) is 0 Å². The number of carbonyl (C=O) groups is 3. The van der Waals surface area contributed by atoms with Gasteiger partial charge in [0, 0.05) is 17.2 Å². The summed E-state index contributed by atoms with van der Waals surface area (Å²) in [6.45, 7) is 0. The monoisotopic (exact) mass is 348 g/mol. The molecule has 0 unspecified atom stereocenters. The SMILES string of the molecule is O=C(/C=C/c1ccccc1)Oc1cc(C(=O)Cl)cc(C(=O)Cl)c1. The van der Waals surface area contributed by atoms with Gasteiger partial charge >= 0.3 is 5.97 Å². The van der Waals surface area contributed by atoms with E-state index in [1.165, 1.54) is 24.3 Å². The first-order chi connectivity index (χ1) is 11.0. The quantitative estimate of drug-likeness (QED) is 0.353. The third-order valence-electron chi connectivity index (χ3n) is 2.79. The number of carbonyl (C=O) groups excluding carboxylic acids is 3. The standard InChI is InChI=1S/C17H10Cl2O4/c18-16(21)12-8-13(17(19)22)10-14(9-12)23-15(20)7-6-11-4-2-1-3-5-11/h1-10H/b7-6+. The molecule has 0 aliphatic heterocycles. The van der Waals surface area contributed by atoms with Crippen molar-refractivity contribution in [2.45, 2.75) is 0 Å². The van der Waals surface area contributed by atoms with E-state index in [0.717, 1.165) is 5.56 Å². The fraction of sp³-hybridized carbons (Fsp3) is 0. The molecule has 0 amide bonds. The first kappa shape index (κ1) is 16.9. The maximum atomic E-state index is 11.8. The van der Waals surface area contributed by atoms with Crippen LogP contribution in [-0.4, -0.2) is 16.5 Å². The summed E-state index contributed by atoms with van der Waals surface area (Å²) in [7, 11) is 0. The largest absolute Gasteiger partial charge is 0.423 e. The van der Waals surface area contributed by atoms with Gasteiger partial charge in [-0.3, -0.25) is 9.59 Å². The minimum atomic E-state index is -0.790. The fourth-order valence-corrected chi connectivity index (χ4v) is 1.98. The summed E-state index contributed by atoms with van der Waals surface area (Å²) < 4.78 is 5.07. The summed E-state index contributed by atoms with van der Waals surface area (Å²) in [5, 5.41) is -1.58. The molecule has 0 heterocycles. The molecule has 2 aromatic rings. The summed E-state index contributed by atoms with van der Waals surface area (Å²) in [6.07, 6.45) is 2.80. The van der Waals surface area contributed by atoms with Crippen LogP contribution in [0, 0.1) is 0 Å². The number of esters is 1. The molecule has 0 radical (unpaired) electrons. The molecular weight excluding hydrogens is 339 g/mol. The predicted molar refractivity (Wildman–Crippen MR) is 87.9 cm³/mol. The lowest BCUT2D eigenvalue weighted by atomic mass is 10.1. The number of halogens is 2. The molecule has 0 aliphatic carbocycles. The second-order valence-corrected chi connectivity index (χ2v) is 5.15. The zero-order valence-corrected chi connectivity index (χ0v) is 13.2. The van der Waals surface area contributed by atoms with Gasteiger partial charge in [-0.1, -0.05) is 30.3 Å². The van der Waals surface area contributed by atoms with E-state index >= 15 is 0 Å². The predicted octanol–water partition coefficient (Wildman–Crippen LogP) is 4.06. The van der Waals surface area contributed by atoms with Gasteiger partial charge in [-0.05, 0) is 53.0 Å². The highest BCUT2D eigenvalue weighted by molar-refractivity contribution is 6.69. The summed E-state index contributed by atoms with van der Waals surface area (Å²) in [5.74, 6) is -0.663. The molecule has 116 valence electrons. The Kier molecular flexibility index (Phi) is 5.68. The Bertz CT molecular complexity index is 750. The number of ether oxygens (including phenoxy) is 1. The Morgan fingerprint density at radius 3 is 1.96 bits per heavy atom. The fourth-order valence-electron chi connectivity index (χ4n) is 1.76. The van der Waals surface area contributed by atoms with Gasteiger partial charge in [0.25, 0.3) is 10.5 Å². The number of benzene rings is 2. The Morgan fingerprint density at radius 2 is 1.43 bits per heavy atom. The van der Waals surface area contributed by atoms with Crippen molar-refractivity contribution in [1.29, 1.82) is 0 Å². The highest BCUT2D eigenvalue weighted by Crippen LogP contribution is 2.20. The molecule has 0 aliphatic rings. The maximum absolute atomic E-state index is 11.8. The third-order valence-corrected chi connectivity index (χ3v) is 3.23. The Labute approximate surface area is 142 Å². The lowest BCUT2D eigenvalue weighted by molar-refractivity contribution is -0.128. The van der Waals surface area contributed by atoms with Crippen LogP contribution in [0.15, 0.2) is 54.6 Å². The molecule has 23 heavy (non-hydrogen) atoms. The van der Waals surface area contributed by atoms with Crippen LogP contribution in [0.2, 0.25) is 0 Å². The molecule has 2 aromatic carbocycles. The van der Waals surface area contributed by atoms with Gasteiger partial charge in [-0.15, -0.1) is 0 Å². The van der Waals surface area contributed by atoms with Crippen molar-refractivity contribution in [1.82, 2.24) is 0 Å². The maximum Gasteiger partial charge on any atom is 0.336 e. The van der Waals surface area contributed by atoms with Crippen molar-refractivity contribution in [3.8, 4) is 5.75 Å². The van der Waals surface area contributed by atoms with Crippen molar-refractivity contribution in [2.24, 2.45) is 0 Å². The van der Waals surface area contributed by atoms with Crippen LogP contribution in [-0.2, 0) is 4.79 Å². The normalized spacial score (nSPS) is 10.5. The van der Waals surface area contributed by atoms with E-state index in [1.807, 2.05) is 30.3 Å². The van der Waals surface area contributed by atoms with Crippen LogP contribution in [0.4, 0.5) is 0 Å². The van der Waals surface area contributed by atoms with Gasteiger partial charge in [-0.2, -0.15) is 0 Å². The Hall–Kier alpha value is -2.43. The Morgan fingerprint density at radius 1 is 0.870 bits per heavy atom. The third kappa shape index (κ3) is 5.06. The lowest BCUT2D eigenvalue weighted by Crippen LogP contribution is -2.06. The molecule has 0 saturated carbocycles. The molecule has 0 bridgehead atoms. The topological polar surface area (TPSA) is 60.4 Å². The van der Waals surface area contributed by atoms with Crippen molar-refractivity contribution in [3.05, 3.63) is 71.3 Å². The van der Waals surface area contributed by atoms with Crippen molar-refractivity contribution < 1.29 is 19.1 Å². The highest BCUT2D eigenvalue weighted by atomic mass is 35.5. The van der Waals surface area contributed by atoms with Gasteiger partial charge < -0.3 is 4.74 Å². The molecular formula is C17H10Cl2O4. The molecule has 0 N–H and O–H groups in total. The van der Waals surface area contributed by atoms with E-state index in [2.05, 4.69) is 0 Å². The molecule has 0 fully saturated rings.